The van der Waals surface area contributed by atoms with E-state index in [1.807, 2.05) is 0 Å². The van der Waals surface area contributed by atoms with Crippen LogP contribution in [-0.4, -0.2) is 4.57 Å². The average molecular weight is 218 g/mol. The van der Waals surface area contributed by atoms with E-state index in [4.69, 9.17) is 5.73 Å². The lowest BCUT2D eigenvalue weighted by Crippen LogP contribution is -2.31. The molecule has 1 fully saturated rings. The number of hydrogen-bond donors (Lipinski definition) is 1. The summed E-state index contributed by atoms with van der Waals surface area (Å²) >= 11 is 0. The summed E-state index contributed by atoms with van der Waals surface area (Å²) in [6.07, 6.45) is 7.20. The third-order valence-corrected chi connectivity index (χ3v) is 4.40. The topological polar surface area (TPSA) is 30.9 Å². The van der Waals surface area contributed by atoms with E-state index >= 15 is 0 Å². The maximum atomic E-state index is 6.29. The Morgan fingerprint density at radius 3 is 2.62 bits per heavy atom. The van der Waals surface area contributed by atoms with Crippen molar-refractivity contribution < 1.29 is 0 Å². The van der Waals surface area contributed by atoms with Gasteiger partial charge in [-0.05, 0) is 49.7 Å². The Morgan fingerprint density at radius 1 is 1.31 bits per heavy atom. The highest BCUT2D eigenvalue weighted by Crippen LogP contribution is 2.48. The second kappa shape index (κ2) is 2.92. The van der Waals surface area contributed by atoms with Gasteiger partial charge in [-0.3, -0.25) is 0 Å². The van der Waals surface area contributed by atoms with Gasteiger partial charge in [-0.2, -0.15) is 0 Å². The van der Waals surface area contributed by atoms with Crippen molar-refractivity contribution in [3.63, 3.8) is 0 Å². The van der Waals surface area contributed by atoms with Crippen molar-refractivity contribution in [2.45, 2.75) is 58.0 Å². The Labute approximate surface area is 97.8 Å². The van der Waals surface area contributed by atoms with Crippen LogP contribution >= 0.6 is 0 Å². The van der Waals surface area contributed by atoms with E-state index in [2.05, 4.69) is 37.6 Å². The zero-order valence-corrected chi connectivity index (χ0v) is 10.6. The Bertz CT molecular complexity index is 424. The zero-order valence-electron chi connectivity index (χ0n) is 10.6. The molecule has 88 valence electrons. The summed E-state index contributed by atoms with van der Waals surface area (Å²) in [6.45, 7) is 7.03. The maximum absolute atomic E-state index is 6.29. The molecule has 0 saturated heterocycles. The Kier molecular flexibility index (Phi) is 1.90. The molecule has 2 N–H and O–H groups in total. The fraction of sp³-hybridized carbons (Fsp3) is 0.714. The second-order valence-electron chi connectivity index (χ2n) is 6.74. The first-order valence-electron chi connectivity index (χ1n) is 6.38. The van der Waals surface area contributed by atoms with Gasteiger partial charge in [-0.1, -0.05) is 13.8 Å². The first-order chi connectivity index (χ1) is 7.41. The quantitative estimate of drug-likeness (QED) is 0.772. The molecule has 1 aromatic heterocycles. The van der Waals surface area contributed by atoms with Crippen LogP contribution in [0.2, 0.25) is 0 Å². The van der Waals surface area contributed by atoms with Gasteiger partial charge in [0.1, 0.15) is 0 Å². The molecule has 1 saturated carbocycles. The highest BCUT2D eigenvalue weighted by molar-refractivity contribution is 5.32. The summed E-state index contributed by atoms with van der Waals surface area (Å²) in [5.74, 6) is 0. The zero-order chi connectivity index (χ0) is 11.6. The van der Waals surface area contributed by atoms with E-state index in [0.29, 0.717) is 11.0 Å². The lowest BCUT2D eigenvalue weighted by Gasteiger charge is -2.35. The van der Waals surface area contributed by atoms with Crippen LogP contribution < -0.4 is 5.73 Å². The monoisotopic (exact) mass is 218 g/mol. The van der Waals surface area contributed by atoms with Gasteiger partial charge < -0.3 is 10.3 Å². The van der Waals surface area contributed by atoms with E-state index in [9.17, 15) is 0 Å². The molecule has 0 aliphatic heterocycles. The minimum absolute atomic E-state index is 0.238. The third kappa shape index (κ3) is 1.43. The lowest BCUT2D eigenvalue weighted by atomic mass is 9.74. The maximum Gasteiger partial charge on any atom is 0.0416 e. The minimum atomic E-state index is 0.238. The smallest absolute Gasteiger partial charge is 0.0416 e. The Balaban J connectivity index is 2.07. The summed E-state index contributed by atoms with van der Waals surface area (Å²) in [5, 5.41) is 0. The highest BCUT2D eigenvalue weighted by atomic mass is 15.1. The van der Waals surface area contributed by atoms with Crippen molar-refractivity contribution in [1.29, 1.82) is 0 Å². The summed E-state index contributed by atoms with van der Waals surface area (Å²) in [4.78, 5) is 0. The van der Waals surface area contributed by atoms with Gasteiger partial charge in [0.25, 0.3) is 0 Å². The molecule has 1 heterocycles. The highest BCUT2D eigenvalue weighted by Gasteiger charge is 2.43. The van der Waals surface area contributed by atoms with Gasteiger partial charge in [-0.25, -0.2) is 0 Å². The van der Waals surface area contributed by atoms with Gasteiger partial charge in [0.05, 0.1) is 0 Å². The fourth-order valence-electron chi connectivity index (χ4n) is 3.16. The SMILES string of the molecule is CC1(C)Cc2c(ccn2C2(C)CC2)C(N)C1. The van der Waals surface area contributed by atoms with Crippen LogP contribution in [0.5, 0.6) is 0 Å². The van der Waals surface area contributed by atoms with E-state index < -0.39 is 0 Å². The van der Waals surface area contributed by atoms with Crippen LogP contribution in [0.15, 0.2) is 12.3 Å². The van der Waals surface area contributed by atoms with Gasteiger partial charge in [-0.15, -0.1) is 0 Å². The molecule has 0 bridgehead atoms. The molecule has 1 aromatic rings. The van der Waals surface area contributed by atoms with E-state index in [1.165, 1.54) is 30.5 Å². The van der Waals surface area contributed by atoms with Crippen molar-refractivity contribution in [3.05, 3.63) is 23.5 Å². The number of nitrogens with two attached hydrogens (primary N) is 1. The molecular formula is C14H22N2. The van der Waals surface area contributed by atoms with E-state index in [1.54, 1.807) is 0 Å². The Morgan fingerprint density at radius 2 is 2.00 bits per heavy atom. The normalized spacial score (nSPS) is 29.9. The van der Waals surface area contributed by atoms with Crippen LogP contribution in [0.4, 0.5) is 0 Å². The molecule has 1 atom stereocenters. The predicted octanol–water partition coefficient (Wildman–Crippen LogP) is 2.97. The fourth-order valence-corrected chi connectivity index (χ4v) is 3.16. The molecule has 0 amide bonds. The van der Waals surface area contributed by atoms with Crippen molar-refractivity contribution in [1.82, 2.24) is 4.57 Å². The minimum Gasteiger partial charge on any atom is -0.345 e. The molecule has 2 heteroatoms. The van der Waals surface area contributed by atoms with E-state index in [-0.39, 0.29) is 6.04 Å². The lowest BCUT2D eigenvalue weighted by molar-refractivity contribution is 0.271. The van der Waals surface area contributed by atoms with E-state index in [0.717, 1.165) is 6.42 Å². The van der Waals surface area contributed by atoms with Crippen molar-refractivity contribution in [2.24, 2.45) is 11.1 Å². The molecule has 16 heavy (non-hydrogen) atoms. The number of fused-ring (bicyclic) bond motifs is 1. The molecule has 0 radical (unpaired) electrons. The van der Waals surface area contributed by atoms with Gasteiger partial charge in [0.15, 0.2) is 0 Å². The predicted molar refractivity (Wildman–Crippen MR) is 66.3 cm³/mol. The number of rotatable bonds is 1. The largest absolute Gasteiger partial charge is 0.345 e. The average Bonchev–Trinajstić information content (AvgIpc) is 2.75. The van der Waals surface area contributed by atoms with Crippen LogP contribution in [0.25, 0.3) is 0 Å². The molecule has 3 rings (SSSR count). The van der Waals surface area contributed by atoms with Crippen LogP contribution in [0.3, 0.4) is 0 Å². The summed E-state index contributed by atoms with van der Waals surface area (Å²) in [6, 6.07) is 2.49. The molecule has 0 aromatic carbocycles. The Hall–Kier alpha value is -0.760. The molecular weight excluding hydrogens is 196 g/mol. The van der Waals surface area contributed by atoms with Gasteiger partial charge in [0, 0.05) is 23.5 Å². The molecule has 2 aliphatic rings. The standard InChI is InChI=1S/C14H22N2/c1-13(2)8-11(15)10-4-7-16(12(10)9-13)14(3)5-6-14/h4,7,11H,5-6,8-9,15H2,1-3H3. The van der Waals surface area contributed by atoms with Crippen molar-refractivity contribution in [3.8, 4) is 0 Å². The summed E-state index contributed by atoms with van der Waals surface area (Å²) in [5.41, 5.74) is 9.94. The van der Waals surface area contributed by atoms with Crippen molar-refractivity contribution >= 4 is 0 Å². The van der Waals surface area contributed by atoms with Crippen LogP contribution in [-0.2, 0) is 12.0 Å². The van der Waals surface area contributed by atoms with Crippen molar-refractivity contribution in [2.75, 3.05) is 0 Å². The third-order valence-electron chi connectivity index (χ3n) is 4.40. The van der Waals surface area contributed by atoms with Crippen LogP contribution in [0.1, 0.15) is 57.3 Å². The molecule has 0 spiro atoms. The number of aromatic nitrogens is 1. The first-order valence-corrected chi connectivity index (χ1v) is 6.38. The van der Waals surface area contributed by atoms with Gasteiger partial charge in [0.2, 0.25) is 0 Å². The number of nitrogens with zero attached hydrogens (tertiary/aromatic N) is 1. The molecule has 2 nitrogen and oxygen atoms in total. The molecule has 2 aliphatic carbocycles. The summed E-state index contributed by atoms with van der Waals surface area (Å²) in [7, 11) is 0. The van der Waals surface area contributed by atoms with Gasteiger partial charge >= 0.3 is 0 Å². The second-order valence-corrected chi connectivity index (χ2v) is 6.74. The number of hydrogen-bond acceptors (Lipinski definition) is 1. The van der Waals surface area contributed by atoms with Crippen LogP contribution in [0, 0.1) is 5.41 Å². The summed E-state index contributed by atoms with van der Waals surface area (Å²) < 4.78 is 2.50. The first kappa shape index (κ1) is 10.4. The molecule has 1 unspecified atom stereocenters.